The number of nitrogens with zero attached hydrogens (tertiary/aromatic N) is 1. The van der Waals surface area contributed by atoms with Gasteiger partial charge in [0, 0.05) is 18.1 Å². The SMILES string of the molecule is Cc1c(C)c(C)c2c(c1C)c(C(=O)O)c(C)n2C. The molecule has 96 valence electrons. The van der Waals surface area contributed by atoms with Gasteiger partial charge in [-0.1, -0.05) is 0 Å². The van der Waals surface area contributed by atoms with Gasteiger partial charge in [0.25, 0.3) is 0 Å². The molecule has 1 heterocycles. The van der Waals surface area contributed by atoms with Gasteiger partial charge >= 0.3 is 5.97 Å². The monoisotopic (exact) mass is 245 g/mol. The standard InChI is InChI=1S/C15H19NO2/c1-7-8(2)10(4)14-12(9(7)3)13(15(17)18)11(5)16(14)6/h1-6H3,(H,17,18). The lowest BCUT2D eigenvalue weighted by atomic mass is 9.93. The second-order valence-corrected chi connectivity index (χ2v) is 5.05. The summed E-state index contributed by atoms with van der Waals surface area (Å²) < 4.78 is 1.99. The summed E-state index contributed by atoms with van der Waals surface area (Å²) in [7, 11) is 1.94. The highest BCUT2D eigenvalue weighted by Gasteiger charge is 2.22. The first-order valence-electron chi connectivity index (χ1n) is 6.07. The second kappa shape index (κ2) is 3.87. The smallest absolute Gasteiger partial charge is 0.338 e. The Kier molecular flexibility index (Phi) is 2.73. The van der Waals surface area contributed by atoms with E-state index in [4.69, 9.17) is 0 Å². The summed E-state index contributed by atoms with van der Waals surface area (Å²) in [6.45, 7) is 10.1. The molecular formula is C15H19NO2. The minimum atomic E-state index is -0.844. The lowest BCUT2D eigenvalue weighted by Gasteiger charge is -2.12. The number of carbonyl (C=O) groups is 1. The molecule has 0 aliphatic carbocycles. The van der Waals surface area contributed by atoms with Crippen LogP contribution in [0.3, 0.4) is 0 Å². The molecule has 3 heteroatoms. The first-order chi connectivity index (χ1) is 8.29. The van der Waals surface area contributed by atoms with Gasteiger partial charge in [-0.2, -0.15) is 0 Å². The van der Waals surface area contributed by atoms with Crippen molar-refractivity contribution in [2.45, 2.75) is 34.6 Å². The van der Waals surface area contributed by atoms with E-state index in [1.807, 2.05) is 25.5 Å². The minimum Gasteiger partial charge on any atom is -0.478 e. The predicted molar refractivity (Wildman–Crippen MR) is 73.6 cm³/mol. The van der Waals surface area contributed by atoms with Crippen LogP contribution < -0.4 is 0 Å². The van der Waals surface area contributed by atoms with Gasteiger partial charge in [-0.15, -0.1) is 0 Å². The first kappa shape index (κ1) is 12.7. The number of rotatable bonds is 1. The third-order valence-electron chi connectivity index (χ3n) is 4.32. The first-order valence-corrected chi connectivity index (χ1v) is 6.07. The summed E-state index contributed by atoms with van der Waals surface area (Å²) >= 11 is 0. The van der Waals surface area contributed by atoms with E-state index in [2.05, 4.69) is 20.8 Å². The molecule has 18 heavy (non-hydrogen) atoms. The van der Waals surface area contributed by atoms with Gasteiger partial charge in [0.2, 0.25) is 0 Å². The summed E-state index contributed by atoms with van der Waals surface area (Å²) in [4.78, 5) is 11.5. The molecule has 1 aromatic heterocycles. The van der Waals surface area contributed by atoms with Crippen molar-refractivity contribution in [1.82, 2.24) is 4.57 Å². The van der Waals surface area contributed by atoms with Crippen LogP contribution in [0.5, 0.6) is 0 Å². The van der Waals surface area contributed by atoms with E-state index in [9.17, 15) is 9.90 Å². The molecule has 0 radical (unpaired) electrons. The summed E-state index contributed by atoms with van der Waals surface area (Å²) in [6.07, 6.45) is 0. The van der Waals surface area contributed by atoms with Gasteiger partial charge in [0.05, 0.1) is 11.1 Å². The highest BCUT2D eigenvalue weighted by atomic mass is 16.4. The molecule has 0 saturated heterocycles. The Morgan fingerprint density at radius 2 is 1.44 bits per heavy atom. The maximum atomic E-state index is 11.5. The molecule has 0 fully saturated rings. The topological polar surface area (TPSA) is 42.2 Å². The van der Waals surface area contributed by atoms with E-state index in [0.717, 1.165) is 22.2 Å². The van der Waals surface area contributed by atoms with Crippen LogP contribution in [-0.2, 0) is 7.05 Å². The van der Waals surface area contributed by atoms with E-state index in [0.29, 0.717) is 5.56 Å². The number of hydrogen-bond donors (Lipinski definition) is 1. The van der Waals surface area contributed by atoms with E-state index >= 15 is 0 Å². The third kappa shape index (κ3) is 1.40. The van der Waals surface area contributed by atoms with Crippen molar-refractivity contribution in [3.8, 4) is 0 Å². The average molecular weight is 245 g/mol. The Bertz CT molecular complexity index is 678. The van der Waals surface area contributed by atoms with Crippen molar-refractivity contribution in [3.63, 3.8) is 0 Å². The molecule has 2 aromatic rings. The molecule has 0 aliphatic heterocycles. The van der Waals surface area contributed by atoms with Crippen molar-refractivity contribution < 1.29 is 9.90 Å². The van der Waals surface area contributed by atoms with Gasteiger partial charge in [-0.05, 0) is 56.9 Å². The van der Waals surface area contributed by atoms with Crippen LogP contribution in [-0.4, -0.2) is 15.6 Å². The molecule has 0 bridgehead atoms. The largest absolute Gasteiger partial charge is 0.478 e. The van der Waals surface area contributed by atoms with E-state index < -0.39 is 5.97 Å². The second-order valence-electron chi connectivity index (χ2n) is 5.05. The van der Waals surface area contributed by atoms with Crippen molar-refractivity contribution in [2.75, 3.05) is 0 Å². The molecule has 0 amide bonds. The van der Waals surface area contributed by atoms with E-state index in [1.165, 1.54) is 16.7 Å². The molecule has 0 saturated carbocycles. The van der Waals surface area contributed by atoms with Gasteiger partial charge in [0.1, 0.15) is 0 Å². The average Bonchev–Trinajstić information content (AvgIpc) is 2.57. The lowest BCUT2D eigenvalue weighted by Crippen LogP contribution is -2.00. The number of aryl methyl sites for hydroxylation is 3. The summed E-state index contributed by atoms with van der Waals surface area (Å²) in [5.41, 5.74) is 6.99. The van der Waals surface area contributed by atoms with Crippen LogP contribution in [0.25, 0.3) is 10.9 Å². The number of aromatic nitrogens is 1. The number of benzene rings is 1. The van der Waals surface area contributed by atoms with E-state index in [-0.39, 0.29) is 0 Å². The number of aromatic carboxylic acids is 1. The van der Waals surface area contributed by atoms with Gasteiger partial charge in [-0.25, -0.2) is 4.79 Å². The van der Waals surface area contributed by atoms with Crippen LogP contribution in [0.1, 0.15) is 38.3 Å². The Labute approximate surface area is 107 Å². The van der Waals surface area contributed by atoms with Crippen molar-refractivity contribution in [2.24, 2.45) is 7.05 Å². The van der Waals surface area contributed by atoms with Crippen LogP contribution in [0.15, 0.2) is 0 Å². The fraction of sp³-hybridized carbons (Fsp3) is 0.400. The zero-order valence-corrected chi connectivity index (χ0v) is 11.8. The van der Waals surface area contributed by atoms with Gasteiger partial charge < -0.3 is 9.67 Å². The van der Waals surface area contributed by atoms with Crippen molar-refractivity contribution in [3.05, 3.63) is 33.5 Å². The van der Waals surface area contributed by atoms with Gasteiger partial charge in [-0.3, -0.25) is 0 Å². The number of carboxylic acid groups (broad SMARTS) is 1. The van der Waals surface area contributed by atoms with Crippen LogP contribution >= 0.6 is 0 Å². The molecule has 1 N–H and O–H groups in total. The van der Waals surface area contributed by atoms with E-state index in [1.54, 1.807) is 0 Å². The zero-order chi connectivity index (χ0) is 13.8. The molecule has 0 spiro atoms. The fourth-order valence-electron chi connectivity index (χ4n) is 2.80. The summed E-state index contributed by atoms with van der Waals surface area (Å²) in [5, 5.41) is 10.3. The fourth-order valence-corrected chi connectivity index (χ4v) is 2.80. The highest BCUT2D eigenvalue weighted by Crippen LogP contribution is 2.34. The Balaban J connectivity index is 3.17. The van der Waals surface area contributed by atoms with Crippen LogP contribution in [0.4, 0.5) is 0 Å². The Morgan fingerprint density at radius 1 is 0.944 bits per heavy atom. The van der Waals surface area contributed by atoms with Crippen LogP contribution in [0, 0.1) is 34.6 Å². The third-order valence-corrected chi connectivity index (χ3v) is 4.32. The maximum absolute atomic E-state index is 11.5. The van der Waals surface area contributed by atoms with Crippen LogP contribution in [0.2, 0.25) is 0 Å². The number of fused-ring (bicyclic) bond motifs is 1. The lowest BCUT2D eigenvalue weighted by molar-refractivity contribution is 0.0698. The molecule has 1 aromatic carbocycles. The number of hydrogen-bond acceptors (Lipinski definition) is 1. The van der Waals surface area contributed by atoms with Gasteiger partial charge in [0.15, 0.2) is 0 Å². The zero-order valence-electron chi connectivity index (χ0n) is 11.8. The maximum Gasteiger partial charge on any atom is 0.338 e. The molecule has 0 atom stereocenters. The molecule has 3 nitrogen and oxygen atoms in total. The minimum absolute atomic E-state index is 0.441. The summed E-state index contributed by atoms with van der Waals surface area (Å²) in [6, 6.07) is 0. The normalized spacial score (nSPS) is 11.2. The highest BCUT2D eigenvalue weighted by molar-refractivity contribution is 6.07. The quantitative estimate of drug-likeness (QED) is 0.836. The molecule has 0 aliphatic rings. The Hall–Kier alpha value is -1.77. The van der Waals surface area contributed by atoms with Crippen molar-refractivity contribution >= 4 is 16.9 Å². The number of carboxylic acids is 1. The molecular weight excluding hydrogens is 226 g/mol. The summed E-state index contributed by atoms with van der Waals surface area (Å²) in [5.74, 6) is -0.844. The molecule has 0 unspecified atom stereocenters. The van der Waals surface area contributed by atoms with Crippen molar-refractivity contribution in [1.29, 1.82) is 0 Å². The Morgan fingerprint density at radius 3 is 1.94 bits per heavy atom. The predicted octanol–water partition coefficient (Wildman–Crippen LogP) is 3.42. The molecule has 2 rings (SSSR count).